The Hall–Kier alpha value is -2.58. The summed E-state index contributed by atoms with van der Waals surface area (Å²) in [6.45, 7) is 0.349. The van der Waals surface area contributed by atoms with Crippen LogP contribution in [0.4, 0.5) is 0 Å². The number of carbonyl (C=O) groups is 1. The molecule has 2 aromatic carbocycles. The molecule has 0 atom stereocenters. The van der Waals surface area contributed by atoms with Gasteiger partial charge in [-0.05, 0) is 41.5 Å². The number of halogens is 1. The molecule has 5 heteroatoms. The maximum absolute atomic E-state index is 12.1. The standard InChI is InChI=1S/C18H15BrN2O2/c1-23-17-8-4-14(5-9-17)12-21-18(22)15(11-20)10-13-2-6-16(19)7-3-13/h2-10H,12H2,1H3,(H,21,22)/b15-10-. The normalized spacial score (nSPS) is 10.7. The highest BCUT2D eigenvalue weighted by Crippen LogP contribution is 2.14. The van der Waals surface area contributed by atoms with Crippen molar-refractivity contribution in [3.63, 3.8) is 0 Å². The minimum Gasteiger partial charge on any atom is -0.497 e. The quantitative estimate of drug-likeness (QED) is 0.644. The molecule has 0 heterocycles. The van der Waals surface area contributed by atoms with Crippen molar-refractivity contribution >= 4 is 27.9 Å². The van der Waals surface area contributed by atoms with E-state index in [4.69, 9.17) is 4.74 Å². The second-order valence-corrected chi connectivity index (χ2v) is 5.67. The van der Waals surface area contributed by atoms with Crippen molar-refractivity contribution in [3.05, 3.63) is 69.7 Å². The highest BCUT2D eigenvalue weighted by molar-refractivity contribution is 9.10. The number of ether oxygens (including phenoxy) is 1. The van der Waals surface area contributed by atoms with E-state index in [1.165, 1.54) is 0 Å². The molecule has 2 aromatic rings. The summed E-state index contributed by atoms with van der Waals surface area (Å²) in [5.41, 5.74) is 1.80. The predicted molar refractivity (Wildman–Crippen MR) is 92.6 cm³/mol. The van der Waals surface area contributed by atoms with E-state index in [1.807, 2.05) is 54.6 Å². The summed E-state index contributed by atoms with van der Waals surface area (Å²) in [6.07, 6.45) is 1.57. The van der Waals surface area contributed by atoms with Crippen LogP contribution in [0.25, 0.3) is 6.08 Å². The Balaban J connectivity index is 2.02. The molecule has 0 radical (unpaired) electrons. The minimum atomic E-state index is -0.397. The van der Waals surface area contributed by atoms with Gasteiger partial charge in [-0.3, -0.25) is 4.79 Å². The molecule has 2 rings (SSSR count). The molecule has 0 aromatic heterocycles. The Morgan fingerprint density at radius 2 is 1.87 bits per heavy atom. The number of rotatable bonds is 5. The molecule has 0 saturated heterocycles. The van der Waals surface area contributed by atoms with Crippen LogP contribution in [0.5, 0.6) is 5.75 Å². The highest BCUT2D eigenvalue weighted by atomic mass is 79.9. The molecule has 1 amide bonds. The molecule has 0 aliphatic rings. The number of benzene rings is 2. The summed E-state index contributed by atoms with van der Waals surface area (Å²) in [4.78, 5) is 12.1. The lowest BCUT2D eigenvalue weighted by atomic mass is 10.1. The van der Waals surface area contributed by atoms with E-state index in [0.717, 1.165) is 21.3 Å². The van der Waals surface area contributed by atoms with Gasteiger partial charge in [0, 0.05) is 11.0 Å². The van der Waals surface area contributed by atoms with E-state index in [9.17, 15) is 10.1 Å². The van der Waals surface area contributed by atoms with Gasteiger partial charge >= 0.3 is 0 Å². The van der Waals surface area contributed by atoms with Gasteiger partial charge in [-0.25, -0.2) is 0 Å². The molecule has 23 heavy (non-hydrogen) atoms. The zero-order valence-corrected chi connectivity index (χ0v) is 14.1. The number of nitriles is 1. The van der Waals surface area contributed by atoms with Crippen LogP contribution in [-0.4, -0.2) is 13.0 Å². The van der Waals surface area contributed by atoms with Crippen molar-refractivity contribution in [2.75, 3.05) is 7.11 Å². The maximum atomic E-state index is 12.1. The van der Waals surface area contributed by atoms with Gasteiger partial charge in [0.25, 0.3) is 5.91 Å². The second-order valence-electron chi connectivity index (χ2n) is 4.75. The zero-order chi connectivity index (χ0) is 16.7. The fourth-order valence-electron chi connectivity index (χ4n) is 1.90. The number of nitrogens with zero attached hydrogens (tertiary/aromatic N) is 1. The summed E-state index contributed by atoms with van der Waals surface area (Å²) >= 11 is 3.34. The molecule has 0 fully saturated rings. The molecular weight excluding hydrogens is 356 g/mol. The van der Waals surface area contributed by atoms with Crippen molar-refractivity contribution in [2.24, 2.45) is 0 Å². The Bertz CT molecular complexity index is 744. The average molecular weight is 371 g/mol. The van der Waals surface area contributed by atoms with Gasteiger partial charge in [0.05, 0.1) is 7.11 Å². The predicted octanol–water partition coefficient (Wildman–Crippen LogP) is 3.68. The average Bonchev–Trinajstić information content (AvgIpc) is 2.59. The number of hydrogen-bond donors (Lipinski definition) is 1. The first-order chi connectivity index (χ1) is 11.1. The molecule has 4 nitrogen and oxygen atoms in total. The number of carbonyl (C=O) groups excluding carboxylic acids is 1. The van der Waals surface area contributed by atoms with E-state index < -0.39 is 5.91 Å². The Morgan fingerprint density at radius 3 is 2.43 bits per heavy atom. The van der Waals surface area contributed by atoms with Crippen LogP contribution in [0.1, 0.15) is 11.1 Å². The van der Waals surface area contributed by atoms with Gasteiger partial charge < -0.3 is 10.1 Å². The first-order valence-electron chi connectivity index (χ1n) is 6.91. The smallest absolute Gasteiger partial charge is 0.262 e. The van der Waals surface area contributed by atoms with Crippen LogP contribution in [0.2, 0.25) is 0 Å². The largest absolute Gasteiger partial charge is 0.497 e. The lowest BCUT2D eigenvalue weighted by molar-refractivity contribution is -0.117. The molecule has 0 saturated carbocycles. The monoisotopic (exact) mass is 370 g/mol. The third-order valence-corrected chi connectivity index (χ3v) is 3.69. The lowest BCUT2D eigenvalue weighted by Crippen LogP contribution is -2.23. The first kappa shape index (κ1) is 16.8. The summed E-state index contributed by atoms with van der Waals surface area (Å²) in [5.74, 6) is 0.360. The van der Waals surface area contributed by atoms with Crippen LogP contribution < -0.4 is 10.1 Å². The number of methoxy groups -OCH3 is 1. The van der Waals surface area contributed by atoms with Gasteiger partial charge in [0.1, 0.15) is 17.4 Å². The summed E-state index contributed by atoms with van der Waals surface area (Å²) in [5, 5.41) is 11.9. The van der Waals surface area contributed by atoms with Gasteiger partial charge in [-0.2, -0.15) is 5.26 Å². The number of amides is 1. The summed E-state index contributed by atoms with van der Waals surface area (Å²) < 4.78 is 6.02. The van der Waals surface area contributed by atoms with Crippen LogP contribution in [0, 0.1) is 11.3 Å². The van der Waals surface area contributed by atoms with E-state index in [-0.39, 0.29) is 5.57 Å². The molecule has 0 bridgehead atoms. The van der Waals surface area contributed by atoms with E-state index in [2.05, 4.69) is 21.2 Å². The Kier molecular flexibility index (Phi) is 5.95. The summed E-state index contributed by atoms with van der Waals surface area (Å²) in [6, 6.07) is 16.7. The molecule has 116 valence electrons. The molecule has 1 N–H and O–H groups in total. The lowest BCUT2D eigenvalue weighted by Gasteiger charge is -2.06. The van der Waals surface area contributed by atoms with Crippen LogP contribution in [0.3, 0.4) is 0 Å². The van der Waals surface area contributed by atoms with Crippen LogP contribution >= 0.6 is 15.9 Å². The number of nitrogens with one attached hydrogen (secondary N) is 1. The van der Waals surface area contributed by atoms with Crippen molar-refractivity contribution in [1.82, 2.24) is 5.32 Å². The van der Waals surface area contributed by atoms with Gasteiger partial charge in [-0.15, -0.1) is 0 Å². The fourth-order valence-corrected chi connectivity index (χ4v) is 2.16. The Morgan fingerprint density at radius 1 is 1.22 bits per heavy atom. The zero-order valence-electron chi connectivity index (χ0n) is 12.5. The summed E-state index contributed by atoms with van der Waals surface area (Å²) in [7, 11) is 1.60. The van der Waals surface area contributed by atoms with E-state index in [0.29, 0.717) is 6.54 Å². The van der Waals surface area contributed by atoms with Gasteiger partial charge in [-0.1, -0.05) is 40.2 Å². The fraction of sp³-hybridized carbons (Fsp3) is 0.111. The van der Waals surface area contributed by atoms with Crippen LogP contribution in [0.15, 0.2) is 58.6 Å². The SMILES string of the molecule is COc1ccc(CNC(=O)/C(C#N)=C\c2ccc(Br)cc2)cc1. The molecule has 0 aliphatic carbocycles. The topological polar surface area (TPSA) is 62.1 Å². The van der Waals surface area contributed by atoms with Crippen molar-refractivity contribution < 1.29 is 9.53 Å². The van der Waals surface area contributed by atoms with E-state index in [1.54, 1.807) is 13.2 Å². The van der Waals surface area contributed by atoms with Gasteiger partial charge in [0.2, 0.25) is 0 Å². The highest BCUT2D eigenvalue weighted by Gasteiger charge is 2.08. The molecule has 0 aliphatic heterocycles. The van der Waals surface area contributed by atoms with Crippen molar-refractivity contribution in [1.29, 1.82) is 5.26 Å². The Labute approximate surface area is 143 Å². The van der Waals surface area contributed by atoms with Crippen molar-refractivity contribution in [3.8, 4) is 11.8 Å². The number of hydrogen-bond acceptors (Lipinski definition) is 3. The van der Waals surface area contributed by atoms with Gasteiger partial charge in [0.15, 0.2) is 0 Å². The van der Waals surface area contributed by atoms with Crippen LogP contribution in [-0.2, 0) is 11.3 Å². The third kappa shape index (κ3) is 4.97. The first-order valence-corrected chi connectivity index (χ1v) is 7.70. The van der Waals surface area contributed by atoms with E-state index >= 15 is 0 Å². The third-order valence-electron chi connectivity index (χ3n) is 3.16. The second kappa shape index (κ2) is 8.16. The molecule has 0 unspecified atom stereocenters. The molecular formula is C18H15BrN2O2. The van der Waals surface area contributed by atoms with Crippen molar-refractivity contribution in [2.45, 2.75) is 6.54 Å². The minimum absolute atomic E-state index is 0.0702. The molecule has 0 spiro atoms. The maximum Gasteiger partial charge on any atom is 0.262 e.